The van der Waals surface area contributed by atoms with E-state index >= 15 is 0 Å². The highest BCUT2D eigenvalue weighted by Crippen LogP contribution is 2.31. The summed E-state index contributed by atoms with van der Waals surface area (Å²) in [5.41, 5.74) is 4.85. The zero-order valence-corrected chi connectivity index (χ0v) is 20.6. The van der Waals surface area contributed by atoms with Crippen LogP contribution in [0.4, 0.5) is 5.69 Å². The van der Waals surface area contributed by atoms with Crippen LogP contribution in [0.25, 0.3) is 11.3 Å². The van der Waals surface area contributed by atoms with Gasteiger partial charge in [-0.3, -0.25) is 0 Å². The third-order valence-corrected chi connectivity index (χ3v) is 7.22. The van der Waals surface area contributed by atoms with Crippen molar-refractivity contribution in [2.75, 3.05) is 5.32 Å². The summed E-state index contributed by atoms with van der Waals surface area (Å²) in [7, 11) is 0. The molecule has 37 heavy (non-hydrogen) atoms. The van der Waals surface area contributed by atoms with Crippen LogP contribution >= 0.6 is 0 Å². The molecule has 5 rings (SSSR count). The van der Waals surface area contributed by atoms with Crippen LogP contribution in [0.5, 0.6) is 0 Å². The average molecular weight is 495 g/mol. The van der Waals surface area contributed by atoms with Crippen molar-refractivity contribution in [3.05, 3.63) is 95.8 Å². The van der Waals surface area contributed by atoms with Gasteiger partial charge in [-0.1, -0.05) is 31.4 Å². The Balaban J connectivity index is 1.32. The zero-order valence-electron chi connectivity index (χ0n) is 20.6. The smallest absolute Gasteiger partial charge is 0.371 e. The van der Waals surface area contributed by atoms with Crippen LogP contribution in [-0.2, 0) is 13.0 Å². The summed E-state index contributed by atoms with van der Waals surface area (Å²) in [5, 5.41) is 22.0. The van der Waals surface area contributed by atoms with Gasteiger partial charge in [-0.05, 0) is 72.9 Å². The summed E-state index contributed by atoms with van der Waals surface area (Å²) in [6, 6.07) is 21.3. The van der Waals surface area contributed by atoms with Gasteiger partial charge in [0.05, 0.1) is 18.0 Å². The average Bonchev–Trinajstić information content (AvgIpc) is 3.60. The first-order chi connectivity index (χ1) is 18.1. The highest BCUT2D eigenvalue weighted by atomic mass is 16.4. The number of nitrogens with zero attached hydrogens (tertiary/aromatic N) is 3. The standard InChI is InChI=1S/C30H30N4O3/c31-17-21-6-8-22(9-7-21)19-34-20-32-18-26(34)16-27(23-4-2-1-3-5-23)33-25-12-10-24(11-13-25)28-14-15-29(37-28)30(35)36/h6-15,18,20,23,27,33H,1-5,16,19H2,(H,35,36). The number of carboxylic acids is 1. The minimum Gasteiger partial charge on any atom is -0.475 e. The molecule has 4 aromatic rings. The number of hydrogen-bond donors (Lipinski definition) is 2. The van der Waals surface area contributed by atoms with Crippen molar-refractivity contribution in [2.24, 2.45) is 5.92 Å². The molecule has 0 aliphatic heterocycles. The number of benzene rings is 2. The number of furan rings is 1. The third-order valence-electron chi connectivity index (χ3n) is 7.22. The summed E-state index contributed by atoms with van der Waals surface area (Å²) in [5.74, 6) is -0.0140. The van der Waals surface area contributed by atoms with E-state index in [-0.39, 0.29) is 11.8 Å². The molecule has 2 aromatic heterocycles. The van der Waals surface area contributed by atoms with Crippen molar-refractivity contribution in [1.82, 2.24) is 9.55 Å². The number of aromatic nitrogens is 2. The molecule has 0 amide bonds. The Morgan fingerprint density at radius 3 is 2.51 bits per heavy atom. The van der Waals surface area contributed by atoms with E-state index in [4.69, 9.17) is 14.8 Å². The van der Waals surface area contributed by atoms with E-state index in [9.17, 15) is 4.79 Å². The van der Waals surface area contributed by atoms with Gasteiger partial charge in [0, 0.05) is 42.1 Å². The quantitative estimate of drug-likeness (QED) is 0.280. The van der Waals surface area contributed by atoms with Crippen LogP contribution in [-0.4, -0.2) is 26.7 Å². The normalized spacial score (nSPS) is 14.7. The lowest BCUT2D eigenvalue weighted by atomic mass is 9.82. The van der Waals surface area contributed by atoms with Crippen LogP contribution in [0.2, 0.25) is 0 Å². The molecule has 0 saturated heterocycles. The fourth-order valence-electron chi connectivity index (χ4n) is 5.19. The van der Waals surface area contributed by atoms with Crippen LogP contribution in [0.3, 0.4) is 0 Å². The maximum atomic E-state index is 11.1. The molecule has 1 saturated carbocycles. The van der Waals surface area contributed by atoms with Gasteiger partial charge in [0.25, 0.3) is 0 Å². The van der Waals surface area contributed by atoms with Gasteiger partial charge in [-0.15, -0.1) is 0 Å². The molecule has 7 nitrogen and oxygen atoms in total. The largest absolute Gasteiger partial charge is 0.475 e. The Bertz CT molecular complexity index is 1370. The van der Waals surface area contributed by atoms with Crippen LogP contribution in [0.15, 0.2) is 77.6 Å². The maximum absolute atomic E-state index is 11.1. The first kappa shape index (κ1) is 24.4. The number of imidazole rings is 1. The molecular weight excluding hydrogens is 464 g/mol. The molecule has 2 heterocycles. The molecule has 0 bridgehead atoms. The summed E-state index contributed by atoms with van der Waals surface area (Å²) >= 11 is 0. The van der Waals surface area contributed by atoms with Crippen LogP contribution < -0.4 is 5.32 Å². The van der Waals surface area contributed by atoms with Crippen molar-refractivity contribution in [3.63, 3.8) is 0 Å². The van der Waals surface area contributed by atoms with E-state index in [2.05, 4.69) is 20.9 Å². The molecule has 0 spiro atoms. The Labute approximate surface area is 216 Å². The van der Waals surface area contributed by atoms with Crippen molar-refractivity contribution >= 4 is 11.7 Å². The summed E-state index contributed by atoms with van der Waals surface area (Å²) in [6.45, 7) is 0.717. The molecule has 1 aliphatic carbocycles. The Kier molecular flexibility index (Phi) is 7.36. The number of nitrogens with one attached hydrogen (secondary N) is 1. The van der Waals surface area contributed by atoms with E-state index in [1.54, 1.807) is 6.07 Å². The third kappa shape index (κ3) is 5.92. The highest BCUT2D eigenvalue weighted by Gasteiger charge is 2.25. The molecule has 2 N–H and O–H groups in total. The van der Waals surface area contributed by atoms with Gasteiger partial charge < -0.3 is 19.4 Å². The van der Waals surface area contributed by atoms with E-state index in [1.807, 2.05) is 61.1 Å². The van der Waals surface area contributed by atoms with Gasteiger partial charge >= 0.3 is 5.97 Å². The fourth-order valence-corrected chi connectivity index (χ4v) is 5.19. The van der Waals surface area contributed by atoms with Gasteiger partial charge in [-0.2, -0.15) is 5.26 Å². The second kappa shape index (κ2) is 11.2. The van der Waals surface area contributed by atoms with E-state index in [1.165, 1.54) is 43.9 Å². The number of anilines is 1. The predicted octanol–water partition coefficient (Wildman–Crippen LogP) is 6.36. The minimum absolute atomic E-state index is 0.0628. The Hall–Kier alpha value is -4.31. The molecule has 188 valence electrons. The molecule has 2 aromatic carbocycles. The number of rotatable bonds is 9. The minimum atomic E-state index is -1.07. The molecular formula is C30H30N4O3. The topological polar surface area (TPSA) is 104 Å². The van der Waals surface area contributed by atoms with Gasteiger partial charge in [-0.25, -0.2) is 9.78 Å². The summed E-state index contributed by atoms with van der Waals surface area (Å²) in [6.07, 6.45) is 11.0. The van der Waals surface area contributed by atoms with Crippen molar-refractivity contribution in [2.45, 2.75) is 51.1 Å². The van der Waals surface area contributed by atoms with E-state index in [0.29, 0.717) is 23.8 Å². The summed E-state index contributed by atoms with van der Waals surface area (Å²) in [4.78, 5) is 15.6. The maximum Gasteiger partial charge on any atom is 0.371 e. The van der Waals surface area contributed by atoms with Gasteiger partial charge in [0.2, 0.25) is 5.76 Å². The Morgan fingerprint density at radius 1 is 1.08 bits per heavy atom. The van der Waals surface area contributed by atoms with Crippen molar-refractivity contribution in [3.8, 4) is 17.4 Å². The lowest BCUT2D eigenvalue weighted by molar-refractivity contribution is 0.0663. The van der Waals surface area contributed by atoms with E-state index < -0.39 is 5.97 Å². The lowest BCUT2D eigenvalue weighted by Gasteiger charge is -2.32. The van der Waals surface area contributed by atoms with Crippen LogP contribution in [0.1, 0.15) is 59.5 Å². The van der Waals surface area contributed by atoms with Crippen molar-refractivity contribution < 1.29 is 14.3 Å². The molecule has 0 radical (unpaired) electrons. The van der Waals surface area contributed by atoms with Gasteiger partial charge in [0.1, 0.15) is 5.76 Å². The highest BCUT2D eigenvalue weighted by molar-refractivity contribution is 5.85. The second-order valence-corrected chi connectivity index (χ2v) is 9.72. The first-order valence-corrected chi connectivity index (χ1v) is 12.8. The molecule has 1 atom stereocenters. The number of carboxylic acid groups (broad SMARTS) is 1. The predicted molar refractivity (Wildman–Crippen MR) is 141 cm³/mol. The Morgan fingerprint density at radius 2 is 1.84 bits per heavy atom. The fraction of sp³-hybridized carbons (Fsp3) is 0.300. The SMILES string of the molecule is N#Cc1ccc(Cn2cncc2CC(Nc2ccc(-c3ccc(C(=O)O)o3)cc2)C2CCCCC2)cc1. The molecule has 7 heteroatoms. The van der Waals surface area contributed by atoms with E-state index in [0.717, 1.165) is 23.2 Å². The monoisotopic (exact) mass is 494 g/mol. The molecule has 1 aliphatic rings. The lowest BCUT2D eigenvalue weighted by Crippen LogP contribution is -2.33. The first-order valence-electron chi connectivity index (χ1n) is 12.8. The number of hydrogen-bond acceptors (Lipinski definition) is 5. The molecule has 1 fully saturated rings. The number of nitriles is 1. The van der Waals surface area contributed by atoms with Gasteiger partial charge in [0.15, 0.2) is 0 Å². The molecule has 1 unspecified atom stereocenters. The zero-order chi connectivity index (χ0) is 25.6. The second-order valence-electron chi connectivity index (χ2n) is 9.72. The van der Waals surface area contributed by atoms with Crippen molar-refractivity contribution in [1.29, 1.82) is 5.26 Å². The number of aromatic carboxylic acids is 1. The van der Waals surface area contributed by atoms with Crippen LogP contribution in [0, 0.1) is 17.2 Å². The number of carbonyl (C=O) groups is 1. The summed E-state index contributed by atoms with van der Waals surface area (Å²) < 4.78 is 7.64.